The Balaban J connectivity index is 1.21. The molecule has 52 heavy (non-hydrogen) atoms. The van der Waals surface area contributed by atoms with Crippen molar-refractivity contribution in [3.8, 4) is 28.1 Å². The van der Waals surface area contributed by atoms with Crippen molar-refractivity contribution in [3.05, 3.63) is 204 Å². The maximum absolute atomic E-state index is 4.72. The van der Waals surface area contributed by atoms with Crippen LogP contribution in [0.2, 0.25) is 0 Å². The van der Waals surface area contributed by atoms with Crippen molar-refractivity contribution in [1.82, 2.24) is 9.55 Å². The molecule has 0 saturated heterocycles. The first-order valence-corrected chi connectivity index (χ1v) is 19.3. The lowest BCUT2D eigenvalue weighted by Crippen LogP contribution is -2.36. The molecule has 7 aromatic carbocycles. The molecular weight excluding hydrogens is 669 g/mol. The van der Waals surface area contributed by atoms with Crippen LogP contribution in [0.3, 0.4) is 0 Å². The van der Waals surface area contributed by atoms with E-state index in [1.807, 2.05) is 35.8 Å². The third-order valence-electron chi connectivity index (χ3n) is 10.8. The minimum absolute atomic E-state index is 0.501. The first-order chi connectivity index (χ1) is 25.8. The predicted molar refractivity (Wildman–Crippen MR) is 216 cm³/mol. The van der Waals surface area contributed by atoms with Crippen molar-refractivity contribution in [3.63, 3.8) is 0 Å². The van der Waals surface area contributed by atoms with E-state index in [9.17, 15) is 0 Å². The Morgan fingerprint density at radius 3 is 1.90 bits per heavy atom. The third kappa shape index (κ3) is 4.25. The summed E-state index contributed by atoms with van der Waals surface area (Å²) >= 11 is 3.77. The molecule has 0 aliphatic carbocycles. The number of pyridine rings is 1. The molecule has 1 spiro atoms. The highest BCUT2D eigenvalue weighted by molar-refractivity contribution is 8.00. The van der Waals surface area contributed by atoms with Crippen LogP contribution < -0.4 is 0 Å². The molecule has 0 N–H and O–H groups in total. The van der Waals surface area contributed by atoms with E-state index in [-0.39, 0.29) is 0 Å². The molecular formula is C48H30N2S2. The largest absolute Gasteiger partial charge is 0.309 e. The molecule has 1 atom stereocenters. The standard InChI is InChI=1S/C48H30N2S2/c1-2-13-33(14-3-1)50-41-20-7-4-15-35(41)47-34(16-12-21-42(47)50)31-25-27-45-39(29-31)48(36-17-5-8-22-43(36)51-45)37-18-6-9-23-44(37)52-46-30-32(24-26-38(46)48)40-19-10-11-28-49-40/h1-30H. The Bertz CT molecular complexity index is 2850. The van der Waals surface area contributed by atoms with Gasteiger partial charge < -0.3 is 4.57 Å². The minimum Gasteiger partial charge on any atom is -0.309 e. The van der Waals surface area contributed by atoms with Crippen LogP contribution in [0, 0.1) is 0 Å². The number of para-hydroxylation sites is 2. The number of rotatable bonds is 3. The normalized spacial score (nSPS) is 15.6. The van der Waals surface area contributed by atoms with Crippen molar-refractivity contribution in [1.29, 1.82) is 0 Å². The van der Waals surface area contributed by atoms with Crippen molar-refractivity contribution in [2.24, 2.45) is 0 Å². The van der Waals surface area contributed by atoms with E-state index in [1.165, 1.54) is 80.5 Å². The van der Waals surface area contributed by atoms with Gasteiger partial charge in [-0.3, -0.25) is 4.98 Å². The second-order valence-corrected chi connectivity index (χ2v) is 15.6. The van der Waals surface area contributed by atoms with E-state index in [1.54, 1.807) is 0 Å². The summed E-state index contributed by atoms with van der Waals surface area (Å²) in [5.74, 6) is 0. The van der Waals surface area contributed by atoms with Gasteiger partial charge in [-0.2, -0.15) is 0 Å². The number of hydrogen-bond acceptors (Lipinski definition) is 3. The van der Waals surface area contributed by atoms with Gasteiger partial charge in [0.05, 0.1) is 22.1 Å². The molecule has 1 unspecified atom stereocenters. The summed E-state index contributed by atoms with van der Waals surface area (Å²) in [6, 6.07) is 64.8. The first-order valence-electron chi connectivity index (χ1n) is 17.6. The van der Waals surface area contributed by atoms with Gasteiger partial charge in [0.2, 0.25) is 0 Å². The van der Waals surface area contributed by atoms with E-state index in [0.29, 0.717) is 0 Å². The van der Waals surface area contributed by atoms with Crippen molar-refractivity contribution < 1.29 is 0 Å². The van der Waals surface area contributed by atoms with Crippen LogP contribution in [0.25, 0.3) is 49.9 Å². The third-order valence-corrected chi connectivity index (χ3v) is 13.1. The summed E-state index contributed by atoms with van der Waals surface area (Å²) in [5, 5.41) is 2.54. The van der Waals surface area contributed by atoms with Crippen LogP contribution in [-0.4, -0.2) is 9.55 Å². The van der Waals surface area contributed by atoms with Gasteiger partial charge in [0.15, 0.2) is 0 Å². The Morgan fingerprint density at radius 2 is 1.10 bits per heavy atom. The smallest absolute Gasteiger partial charge is 0.0745 e. The van der Waals surface area contributed by atoms with Crippen molar-refractivity contribution in [2.75, 3.05) is 0 Å². The van der Waals surface area contributed by atoms with Gasteiger partial charge in [0.25, 0.3) is 0 Å². The zero-order valence-corrected chi connectivity index (χ0v) is 29.7. The Kier molecular flexibility index (Phi) is 6.67. The summed E-state index contributed by atoms with van der Waals surface area (Å²) < 4.78 is 2.41. The minimum atomic E-state index is -0.501. The fraction of sp³-hybridized carbons (Fsp3) is 0.0208. The van der Waals surface area contributed by atoms with Crippen molar-refractivity contribution in [2.45, 2.75) is 25.0 Å². The SMILES string of the molecule is c1ccc(-n2c3ccccc3c3c(-c4ccc5c(c4)C4(c6ccccc6Sc6cc(-c7ccccn7)ccc64)c4ccccc4S5)cccc32)cc1. The number of fused-ring (bicyclic) bond motifs is 11. The molecule has 2 aliphatic rings. The topological polar surface area (TPSA) is 17.8 Å². The monoisotopic (exact) mass is 698 g/mol. The summed E-state index contributed by atoms with van der Waals surface area (Å²) in [6.45, 7) is 0. The lowest BCUT2D eigenvalue weighted by atomic mass is 9.64. The number of aromatic nitrogens is 2. The average Bonchev–Trinajstić information content (AvgIpc) is 3.56. The van der Waals surface area contributed by atoms with Crippen molar-refractivity contribution >= 4 is 45.3 Å². The van der Waals surface area contributed by atoms with E-state index < -0.39 is 5.41 Å². The molecule has 0 fully saturated rings. The zero-order chi connectivity index (χ0) is 34.2. The molecule has 2 aliphatic heterocycles. The fourth-order valence-corrected chi connectivity index (χ4v) is 11.0. The molecule has 4 heterocycles. The lowest BCUT2D eigenvalue weighted by molar-refractivity contribution is 0.667. The highest BCUT2D eigenvalue weighted by atomic mass is 32.2. The molecule has 0 radical (unpaired) electrons. The maximum atomic E-state index is 4.72. The predicted octanol–water partition coefficient (Wildman–Crippen LogP) is 12.8. The zero-order valence-electron chi connectivity index (χ0n) is 28.0. The Labute approximate surface area is 310 Å². The number of benzene rings is 7. The molecule has 9 aromatic rings. The average molecular weight is 699 g/mol. The van der Waals surface area contributed by atoms with E-state index in [4.69, 9.17) is 4.98 Å². The lowest BCUT2D eigenvalue weighted by Gasteiger charge is -2.45. The summed E-state index contributed by atoms with van der Waals surface area (Å²) in [4.78, 5) is 9.88. The van der Waals surface area contributed by atoms with Crippen LogP contribution >= 0.6 is 23.5 Å². The van der Waals surface area contributed by atoms with Gasteiger partial charge in [-0.1, -0.05) is 133 Å². The quantitative estimate of drug-likeness (QED) is 0.183. The van der Waals surface area contributed by atoms with Gasteiger partial charge in [0.1, 0.15) is 0 Å². The Hall–Kier alpha value is -5.81. The molecule has 2 nitrogen and oxygen atoms in total. The van der Waals surface area contributed by atoms with Gasteiger partial charge in [-0.15, -0.1) is 0 Å². The fourth-order valence-electron chi connectivity index (χ4n) is 8.64. The van der Waals surface area contributed by atoms with Crippen LogP contribution in [0.15, 0.2) is 202 Å². The van der Waals surface area contributed by atoms with Crippen LogP contribution in [0.1, 0.15) is 22.3 Å². The molecule has 0 bridgehead atoms. The second-order valence-electron chi connectivity index (χ2n) is 13.5. The highest BCUT2D eigenvalue weighted by Gasteiger charge is 2.49. The van der Waals surface area contributed by atoms with E-state index in [2.05, 4.69) is 174 Å². The van der Waals surface area contributed by atoms with Gasteiger partial charge in [-0.05, 0) is 100 Å². The second kappa shape index (κ2) is 11.6. The number of nitrogens with zero attached hydrogens (tertiary/aromatic N) is 2. The van der Waals surface area contributed by atoms with Crippen LogP contribution in [-0.2, 0) is 5.41 Å². The maximum Gasteiger partial charge on any atom is 0.0745 e. The molecule has 244 valence electrons. The Morgan fingerprint density at radius 1 is 0.442 bits per heavy atom. The summed E-state index contributed by atoms with van der Waals surface area (Å²) in [6.07, 6.45) is 1.88. The highest BCUT2D eigenvalue weighted by Crippen LogP contribution is 2.62. The van der Waals surface area contributed by atoms with Gasteiger partial charge in [0, 0.05) is 47.8 Å². The van der Waals surface area contributed by atoms with E-state index in [0.717, 1.165) is 11.3 Å². The van der Waals surface area contributed by atoms with Crippen LogP contribution in [0.4, 0.5) is 0 Å². The van der Waals surface area contributed by atoms with Gasteiger partial charge >= 0.3 is 0 Å². The van der Waals surface area contributed by atoms with Gasteiger partial charge in [-0.25, -0.2) is 0 Å². The van der Waals surface area contributed by atoms with Crippen LogP contribution in [0.5, 0.6) is 0 Å². The molecule has 0 amide bonds. The molecule has 0 saturated carbocycles. The summed E-state index contributed by atoms with van der Waals surface area (Å²) in [5.41, 5.74) is 13.0. The van der Waals surface area contributed by atoms with E-state index >= 15 is 0 Å². The molecule has 4 heteroatoms. The molecule has 11 rings (SSSR count). The molecule has 2 aromatic heterocycles. The summed E-state index contributed by atoms with van der Waals surface area (Å²) in [7, 11) is 0. The number of hydrogen-bond donors (Lipinski definition) is 0. The first kappa shape index (κ1) is 29.9.